The molecule has 1 N–H and O–H groups in total. The molecule has 1 heterocycles. The van der Waals surface area contributed by atoms with Crippen LogP contribution in [0.4, 0.5) is 0 Å². The predicted octanol–water partition coefficient (Wildman–Crippen LogP) is 2.66. The molecule has 4 saturated carbocycles. The maximum atomic E-state index is 9.51. The van der Waals surface area contributed by atoms with Gasteiger partial charge in [-0.05, 0) is 81.1 Å². The van der Waals surface area contributed by atoms with Crippen LogP contribution in [0.1, 0.15) is 51.4 Å². The van der Waals surface area contributed by atoms with Crippen LogP contribution in [0, 0.1) is 23.2 Å². The minimum Gasteiger partial charge on any atom is -0.395 e. The molecule has 4 aliphatic carbocycles. The third-order valence-corrected chi connectivity index (χ3v) is 6.41. The van der Waals surface area contributed by atoms with E-state index < -0.39 is 0 Å². The van der Waals surface area contributed by atoms with Gasteiger partial charge < -0.3 is 5.11 Å². The zero-order valence-electron chi connectivity index (χ0n) is 11.5. The van der Waals surface area contributed by atoms with Crippen LogP contribution < -0.4 is 0 Å². The van der Waals surface area contributed by atoms with Gasteiger partial charge in [-0.2, -0.15) is 0 Å². The van der Waals surface area contributed by atoms with E-state index in [1.54, 1.807) is 19.3 Å². The van der Waals surface area contributed by atoms with Gasteiger partial charge in [0.25, 0.3) is 0 Å². The largest absolute Gasteiger partial charge is 0.395 e. The maximum Gasteiger partial charge on any atom is 0.0586 e. The average molecular weight is 249 g/mol. The van der Waals surface area contributed by atoms with Gasteiger partial charge in [0, 0.05) is 12.6 Å². The lowest BCUT2D eigenvalue weighted by Crippen LogP contribution is -2.52. The van der Waals surface area contributed by atoms with Crippen molar-refractivity contribution in [2.45, 2.75) is 57.4 Å². The summed E-state index contributed by atoms with van der Waals surface area (Å²) in [6.07, 6.45) is 11.7. The van der Waals surface area contributed by atoms with Gasteiger partial charge in [-0.15, -0.1) is 0 Å². The fourth-order valence-electron chi connectivity index (χ4n) is 6.22. The molecule has 5 fully saturated rings. The van der Waals surface area contributed by atoms with Crippen LogP contribution in [0.5, 0.6) is 0 Å². The molecule has 0 amide bonds. The molecule has 0 radical (unpaired) electrons. The number of hydrogen-bond acceptors (Lipinski definition) is 2. The molecular formula is C16H27NO. The Hall–Kier alpha value is -0.0800. The van der Waals surface area contributed by atoms with Gasteiger partial charge in [-0.1, -0.05) is 0 Å². The lowest BCUT2D eigenvalue weighted by Gasteiger charge is -2.58. The second-order valence-corrected chi connectivity index (χ2v) is 7.87. The number of rotatable bonds is 3. The Bertz CT molecular complexity index is 292. The first-order valence-corrected chi connectivity index (χ1v) is 8.11. The fourth-order valence-corrected chi connectivity index (χ4v) is 6.22. The standard InChI is InChI=1S/C16H27NO/c18-10-15-2-1-3-17(15)11-16-7-12-4-13(8-16)6-14(5-12)9-16/h12-15,18H,1-11H2. The highest BCUT2D eigenvalue weighted by Crippen LogP contribution is 2.60. The molecular weight excluding hydrogens is 222 g/mol. The monoisotopic (exact) mass is 249 g/mol. The van der Waals surface area contributed by atoms with Crippen LogP contribution >= 0.6 is 0 Å². The molecule has 4 bridgehead atoms. The van der Waals surface area contributed by atoms with Crippen molar-refractivity contribution in [2.75, 3.05) is 19.7 Å². The van der Waals surface area contributed by atoms with Crippen LogP contribution in [0.2, 0.25) is 0 Å². The zero-order chi connectivity index (χ0) is 12.2. The van der Waals surface area contributed by atoms with Gasteiger partial charge in [0.2, 0.25) is 0 Å². The first-order chi connectivity index (χ1) is 8.76. The molecule has 2 heteroatoms. The predicted molar refractivity (Wildman–Crippen MR) is 72.3 cm³/mol. The molecule has 1 atom stereocenters. The lowest BCUT2D eigenvalue weighted by atomic mass is 9.49. The minimum atomic E-state index is 0.381. The summed E-state index contributed by atoms with van der Waals surface area (Å²) < 4.78 is 0. The van der Waals surface area contributed by atoms with Crippen LogP contribution in [-0.2, 0) is 0 Å². The maximum absolute atomic E-state index is 9.51. The van der Waals surface area contributed by atoms with Crippen molar-refractivity contribution in [1.82, 2.24) is 4.90 Å². The smallest absolute Gasteiger partial charge is 0.0586 e. The zero-order valence-corrected chi connectivity index (χ0v) is 11.5. The van der Waals surface area contributed by atoms with E-state index in [4.69, 9.17) is 0 Å². The molecule has 1 saturated heterocycles. The van der Waals surface area contributed by atoms with Crippen LogP contribution in [-0.4, -0.2) is 35.7 Å². The van der Waals surface area contributed by atoms with E-state index in [0.29, 0.717) is 18.1 Å². The Morgan fingerprint density at radius 1 is 1.00 bits per heavy atom. The van der Waals surface area contributed by atoms with E-state index >= 15 is 0 Å². The summed E-state index contributed by atoms with van der Waals surface area (Å²) in [6, 6.07) is 0.484. The van der Waals surface area contributed by atoms with Crippen LogP contribution in [0.25, 0.3) is 0 Å². The van der Waals surface area contributed by atoms with E-state index in [1.165, 1.54) is 45.2 Å². The number of likely N-dealkylation sites (tertiary alicyclic amines) is 1. The average Bonchev–Trinajstić information content (AvgIpc) is 2.73. The molecule has 1 unspecified atom stereocenters. The van der Waals surface area contributed by atoms with Gasteiger partial charge in [-0.3, -0.25) is 4.90 Å². The first-order valence-electron chi connectivity index (χ1n) is 8.11. The van der Waals surface area contributed by atoms with E-state index in [-0.39, 0.29) is 0 Å². The van der Waals surface area contributed by atoms with Gasteiger partial charge in [0.1, 0.15) is 0 Å². The van der Waals surface area contributed by atoms with Crippen molar-refractivity contribution in [1.29, 1.82) is 0 Å². The second kappa shape index (κ2) is 4.21. The third kappa shape index (κ3) is 1.84. The van der Waals surface area contributed by atoms with Crippen molar-refractivity contribution in [2.24, 2.45) is 23.2 Å². The van der Waals surface area contributed by atoms with E-state index in [1.807, 2.05) is 0 Å². The number of aliphatic hydroxyl groups is 1. The molecule has 0 spiro atoms. The second-order valence-electron chi connectivity index (χ2n) is 7.87. The molecule has 1 aliphatic heterocycles. The minimum absolute atomic E-state index is 0.381. The Morgan fingerprint density at radius 3 is 2.17 bits per heavy atom. The summed E-state index contributed by atoms with van der Waals surface area (Å²) in [6.45, 7) is 2.93. The number of hydrogen-bond donors (Lipinski definition) is 1. The summed E-state index contributed by atoms with van der Waals surface area (Å²) in [5, 5.41) is 9.51. The fraction of sp³-hybridized carbons (Fsp3) is 1.00. The molecule has 2 nitrogen and oxygen atoms in total. The highest BCUT2D eigenvalue weighted by molar-refractivity contribution is 5.03. The van der Waals surface area contributed by atoms with Crippen molar-refractivity contribution in [3.8, 4) is 0 Å². The molecule has 5 rings (SSSR count). The summed E-state index contributed by atoms with van der Waals surface area (Å²) in [5.41, 5.74) is 0.659. The molecule has 0 aromatic heterocycles. The quantitative estimate of drug-likeness (QED) is 0.831. The van der Waals surface area contributed by atoms with Gasteiger partial charge in [0.05, 0.1) is 6.61 Å². The molecule has 18 heavy (non-hydrogen) atoms. The van der Waals surface area contributed by atoms with Gasteiger partial charge in [-0.25, -0.2) is 0 Å². The van der Waals surface area contributed by atoms with Gasteiger partial charge in [0.15, 0.2) is 0 Å². The highest BCUT2D eigenvalue weighted by atomic mass is 16.3. The van der Waals surface area contributed by atoms with Crippen LogP contribution in [0.15, 0.2) is 0 Å². The molecule has 0 aromatic carbocycles. The van der Waals surface area contributed by atoms with Crippen molar-refractivity contribution < 1.29 is 5.11 Å². The Labute approximate surface area is 111 Å². The van der Waals surface area contributed by atoms with Gasteiger partial charge >= 0.3 is 0 Å². The molecule has 0 aromatic rings. The Balaban J connectivity index is 1.50. The van der Waals surface area contributed by atoms with Crippen molar-refractivity contribution in [3.63, 3.8) is 0 Å². The van der Waals surface area contributed by atoms with Crippen molar-refractivity contribution >= 4 is 0 Å². The third-order valence-electron chi connectivity index (χ3n) is 6.41. The topological polar surface area (TPSA) is 23.5 Å². The van der Waals surface area contributed by atoms with E-state index in [2.05, 4.69) is 4.90 Å². The first kappa shape index (κ1) is 11.7. The molecule has 102 valence electrons. The van der Waals surface area contributed by atoms with Crippen LogP contribution in [0.3, 0.4) is 0 Å². The summed E-state index contributed by atoms with van der Waals surface area (Å²) in [4.78, 5) is 2.63. The highest BCUT2D eigenvalue weighted by Gasteiger charge is 2.51. The van der Waals surface area contributed by atoms with Crippen molar-refractivity contribution in [3.05, 3.63) is 0 Å². The molecule has 5 aliphatic rings. The summed E-state index contributed by atoms with van der Waals surface area (Å²) in [5.74, 6) is 3.18. The lowest BCUT2D eigenvalue weighted by molar-refractivity contribution is -0.0725. The van der Waals surface area contributed by atoms with E-state index in [0.717, 1.165) is 17.8 Å². The Morgan fingerprint density at radius 2 is 1.61 bits per heavy atom. The SMILES string of the molecule is OCC1CCCN1CC12CC3CC(CC(C3)C1)C2. The van der Waals surface area contributed by atoms with E-state index in [9.17, 15) is 5.11 Å². The normalized spacial score (nSPS) is 51.2. The summed E-state index contributed by atoms with van der Waals surface area (Å²) >= 11 is 0. The number of aliphatic hydroxyl groups excluding tert-OH is 1. The number of nitrogens with zero attached hydrogens (tertiary/aromatic N) is 1. The Kier molecular flexibility index (Phi) is 2.74. The summed E-state index contributed by atoms with van der Waals surface area (Å²) in [7, 11) is 0.